The summed E-state index contributed by atoms with van der Waals surface area (Å²) in [6.45, 7) is 1.54. The Hall–Kier alpha value is -2.40. The normalized spacial score (nSPS) is 18.5. The van der Waals surface area contributed by atoms with Crippen molar-refractivity contribution in [1.82, 2.24) is 15.2 Å². The third kappa shape index (κ3) is 2.15. The molecule has 0 saturated carbocycles. The van der Waals surface area contributed by atoms with Crippen molar-refractivity contribution < 1.29 is 5.11 Å². The van der Waals surface area contributed by atoms with Gasteiger partial charge in [0.05, 0.1) is 17.8 Å². The summed E-state index contributed by atoms with van der Waals surface area (Å²) in [5, 5.41) is 17.8. The zero-order chi connectivity index (χ0) is 14.2. The molecule has 1 aliphatic rings. The molecule has 1 saturated heterocycles. The number of β-amino-alcohol motifs (C(OH)–C–C–N with tert-alkyl or cyclic N) is 1. The topological polar surface area (TPSA) is 65.0 Å². The molecule has 2 N–H and O–H groups in total. The van der Waals surface area contributed by atoms with E-state index in [-0.39, 0.29) is 6.10 Å². The van der Waals surface area contributed by atoms with Gasteiger partial charge in [-0.25, -0.2) is 4.98 Å². The molecule has 0 spiro atoms. The van der Waals surface area contributed by atoms with Crippen LogP contribution in [0.25, 0.3) is 22.0 Å². The van der Waals surface area contributed by atoms with Crippen molar-refractivity contribution in [2.24, 2.45) is 0 Å². The van der Waals surface area contributed by atoms with Crippen LogP contribution in [-0.4, -0.2) is 39.5 Å². The van der Waals surface area contributed by atoms with Gasteiger partial charge in [-0.15, -0.1) is 0 Å². The number of aromatic nitrogens is 3. The molecule has 1 fully saturated rings. The highest BCUT2D eigenvalue weighted by molar-refractivity contribution is 5.94. The summed E-state index contributed by atoms with van der Waals surface area (Å²) in [6, 6.07) is 10.2. The standard InChI is InChI=1S/C16H16N4O/c21-12-6-7-20(10-12)16-5-4-11(8-17-16)13-2-1-3-15-14(13)9-18-19-15/h1-5,8-9,12,21H,6-7,10H2,(H,18,19)/t12-/m1/s1. The van der Waals surface area contributed by atoms with Crippen LogP contribution in [0.2, 0.25) is 0 Å². The van der Waals surface area contributed by atoms with Crippen molar-refractivity contribution in [2.45, 2.75) is 12.5 Å². The highest BCUT2D eigenvalue weighted by atomic mass is 16.3. The molecule has 1 aromatic carbocycles. The maximum absolute atomic E-state index is 9.61. The van der Waals surface area contributed by atoms with E-state index in [0.717, 1.165) is 40.8 Å². The monoisotopic (exact) mass is 280 g/mol. The Morgan fingerprint density at radius 1 is 1.19 bits per heavy atom. The quantitative estimate of drug-likeness (QED) is 0.755. The number of nitrogens with zero attached hydrogens (tertiary/aromatic N) is 3. The van der Waals surface area contributed by atoms with Crippen molar-refractivity contribution in [2.75, 3.05) is 18.0 Å². The number of aliphatic hydroxyl groups is 1. The summed E-state index contributed by atoms with van der Waals surface area (Å²) >= 11 is 0. The lowest BCUT2D eigenvalue weighted by atomic mass is 10.0. The molecule has 1 atom stereocenters. The molecule has 5 nitrogen and oxygen atoms in total. The lowest BCUT2D eigenvalue weighted by molar-refractivity contribution is 0.198. The predicted octanol–water partition coefficient (Wildman–Crippen LogP) is 2.20. The molecule has 0 unspecified atom stereocenters. The first-order valence-electron chi connectivity index (χ1n) is 7.13. The number of hydrogen-bond donors (Lipinski definition) is 2. The maximum Gasteiger partial charge on any atom is 0.128 e. The first-order valence-corrected chi connectivity index (χ1v) is 7.13. The van der Waals surface area contributed by atoms with Crippen LogP contribution in [0.5, 0.6) is 0 Å². The molecule has 21 heavy (non-hydrogen) atoms. The van der Waals surface area contributed by atoms with E-state index in [2.05, 4.69) is 32.2 Å². The van der Waals surface area contributed by atoms with Crippen LogP contribution < -0.4 is 4.90 Å². The van der Waals surface area contributed by atoms with Gasteiger partial charge in [-0.2, -0.15) is 5.10 Å². The first kappa shape index (κ1) is 12.3. The highest BCUT2D eigenvalue weighted by Crippen LogP contribution is 2.28. The number of aliphatic hydroxyl groups excluding tert-OH is 1. The number of aromatic amines is 1. The SMILES string of the molecule is O[C@@H]1CCN(c2ccc(-c3cccc4[nH]ncc34)cn2)C1. The number of H-pyrrole nitrogens is 1. The van der Waals surface area contributed by atoms with Crippen LogP contribution in [0.4, 0.5) is 5.82 Å². The summed E-state index contributed by atoms with van der Waals surface area (Å²) in [5.74, 6) is 0.926. The van der Waals surface area contributed by atoms with Crippen molar-refractivity contribution in [3.05, 3.63) is 42.7 Å². The molecule has 1 aliphatic heterocycles. The van der Waals surface area contributed by atoms with E-state index in [4.69, 9.17) is 0 Å². The lowest BCUT2D eigenvalue weighted by Crippen LogP contribution is -2.21. The van der Waals surface area contributed by atoms with Crippen LogP contribution in [0.1, 0.15) is 6.42 Å². The third-order valence-corrected chi connectivity index (χ3v) is 4.03. The van der Waals surface area contributed by atoms with Gasteiger partial charge in [0.2, 0.25) is 0 Å². The fraction of sp³-hybridized carbons (Fsp3) is 0.250. The molecule has 5 heteroatoms. The molecule has 0 amide bonds. The molecule has 0 radical (unpaired) electrons. The van der Waals surface area contributed by atoms with Crippen LogP contribution in [0.3, 0.4) is 0 Å². The van der Waals surface area contributed by atoms with Crippen molar-refractivity contribution in [3.8, 4) is 11.1 Å². The Kier molecular flexibility index (Phi) is 2.86. The largest absolute Gasteiger partial charge is 0.391 e. The van der Waals surface area contributed by atoms with Gasteiger partial charge in [0.15, 0.2) is 0 Å². The van der Waals surface area contributed by atoms with E-state index in [0.29, 0.717) is 6.54 Å². The van der Waals surface area contributed by atoms with E-state index < -0.39 is 0 Å². The van der Waals surface area contributed by atoms with Crippen LogP contribution in [-0.2, 0) is 0 Å². The van der Waals surface area contributed by atoms with Gasteiger partial charge in [0.25, 0.3) is 0 Å². The number of benzene rings is 1. The average molecular weight is 280 g/mol. The Morgan fingerprint density at radius 3 is 2.90 bits per heavy atom. The molecule has 0 aliphatic carbocycles. The number of anilines is 1. The lowest BCUT2D eigenvalue weighted by Gasteiger charge is -2.16. The Morgan fingerprint density at radius 2 is 2.14 bits per heavy atom. The second kappa shape index (κ2) is 4.86. The van der Waals surface area contributed by atoms with E-state index in [9.17, 15) is 5.11 Å². The van der Waals surface area contributed by atoms with Crippen molar-refractivity contribution in [3.63, 3.8) is 0 Å². The van der Waals surface area contributed by atoms with Gasteiger partial charge in [-0.3, -0.25) is 5.10 Å². The molecule has 2 aromatic heterocycles. The summed E-state index contributed by atoms with van der Waals surface area (Å²) in [4.78, 5) is 6.66. The van der Waals surface area contributed by atoms with Gasteiger partial charge >= 0.3 is 0 Å². The van der Waals surface area contributed by atoms with E-state index in [1.807, 2.05) is 30.6 Å². The van der Waals surface area contributed by atoms with Gasteiger partial charge in [-0.1, -0.05) is 12.1 Å². The van der Waals surface area contributed by atoms with Crippen molar-refractivity contribution >= 4 is 16.7 Å². The molecular formula is C16H16N4O. The minimum atomic E-state index is -0.230. The minimum absolute atomic E-state index is 0.230. The third-order valence-electron chi connectivity index (χ3n) is 4.03. The average Bonchev–Trinajstić information content (AvgIpc) is 3.15. The summed E-state index contributed by atoms with van der Waals surface area (Å²) in [5.41, 5.74) is 3.23. The molecule has 3 heterocycles. The first-order chi connectivity index (χ1) is 10.3. The second-order valence-corrected chi connectivity index (χ2v) is 5.43. The van der Waals surface area contributed by atoms with Crippen LogP contribution in [0.15, 0.2) is 42.7 Å². The van der Waals surface area contributed by atoms with Crippen LogP contribution in [0, 0.1) is 0 Å². The Balaban J connectivity index is 1.69. The van der Waals surface area contributed by atoms with Gasteiger partial charge in [0, 0.05) is 30.2 Å². The number of hydrogen-bond acceptors (Lipinski definition) is 4. The maximum atomic E-state index is 9.61. The minimum Gasteiger partial charge on any atom is -0.391 e. The molecular weight excluding hydrogens is 264 g/mol. The fourth-order valence-electron chi connectivity index (χ4n) is 2.90. The van der Waals surface area contributed by atoms with Gasteiger partial charge in [-0.05, 0) is 30.2 Å². The van der Waals surface area contributed by atoms with Crippen molar-refractivity contribution in [1.29, 1.82) is 0 Å². The zero-order valence-corrected chi connectivity index (χ0v) is 11.5. The van der Waals surface area contributed by atoms with Crippen LogP contribution >= 0.6 is 0 Å². The second-order valence-electron chi connectivity index (χ2n) is 5.43. The summed E-state index contributed by atoms with van der Waals surface area (Å²) < 4.78 is 0. The number of fused-ring (bicyclic) bond motifs is 1. The molecule has 0 bridgehead atoms. The fourth-order valence-corrected chi connectivity index (χ4v) is 2.90. The predicted molar refractivity (Wildman–Crippen MR) is 82.2 cm³/mol. The van der Waals surface area contributed by atoms with Gasteiger partial charge < -0.3 is 10.0 Å². The number of rotatable bonds is 2. The molecule has 3 aromatic rings. The van der Waals surface area contributed by atoms with E-state index >= 15 is 0 Å². The Bertz CT molecular complexity index is 765. The zero-order valence-electron chi connectivity index (χ0n) is 11.5. The highest BCUT2D eigenvalue weighted by Gasteiger charge is 2.21. The molecule has 106 valence electrons. The summed E-state index contributed by atoms with van der Waals surface area (Å²) in [6.07, 6.45) is 4.32. The Labute approximate surface area is 122 Å². The van der Waals surface area contributed by atoms with E-state index in [1.165, 1.54) is 0 Å². The summed E-state index contributed by atoms with van der Waals surface area (Å²) in [7, 11) is 0. The van der Waals surface area contributed by atoms with Gasteiger partial charge in [0.1, 0.15) is 5.82 Å². The number of pyridine rings is 1. The number of nitrogens with one attached hydrogen (secondary N) is 1. The molecule has 4 rings (SSSR count). The van der Waals surface area contributed by atoms with E-state index in [1.54, 1.807) is 0 Å². The smallest absolute Gasteiger partial charge is 0.128 e.